The number of ether oxygens (including phenoxy) is 2. The Morgan fingerprint density at radius 3 is 2.26 bits per heavy atom. The standard InChI is InChI=1S/C33H26N2O3/c1-23-21-25(14-13-24-9-5-4-6-10-24)15-18-29(23)35-32(34-28-12-8-7-11-27(28)33(35)36)20-17-26-16-19-30(37-2)31(22-26)38-3/h4-12,15-22H,1-3H3/b20-17+. The Bertz CT molecular complexity index is 1770. The molecule has 5 nitrogen and oxygen atoms in total. The van der Waals surface area contributed by atoms with E-state index in [0.29, 0.717) is 28.2 Å². The topological polar surface area (TPSA) is 53.3 Å². The van der Waals surface area contributed by atoms with Crippen molar-refractivity contribution in [1.29, 1.82) is 0 Å². The number of methoxy groups -OCH3 is 2. The highest BCUT2D eigenvalue weighted by Gasteiger charge is 2.13. The molecule has 0 aliphatic carbocycles. The molecule has 5 aromatic rings. The summed E-state index contributed by atoms with van der Waals surface area (Å²) in [5.74, 6) is 8.20. The van der Waals surface area contributed by atoms with Crippen molar-refractivity contribution in [1.82, 2.24) is 9.55 Å². The molecule has 0 saturated heterocycles. The second-order valence-corrected chi connectivity index (χ2v) is 8.69. The van der Waals surface area contributed by atoms with Gasteiger partial charge in [-0.25, -0.2) is 4.98 Å². The molecule has 0 saturated carbocycles. The van der Waals surface area contributed by atoms with Gasteiger partial charge in [0, 0.05) is 11.1 Å². The summed E-state index contributed by atoms with van der Waals surface area (Å²) in [5.41, 5.74) is 4.90. The minimum Gasteiger partial charge on any atom is -0.493 e. The zero-order valence-electron chi connectivity index (χ0n) is 21.4. The van der Waals surface area contributed by atoms with Gasteiger partial charge < -0.3 is 9.47 Å². The molecule has 0 aliphatic rings. The summed E-state index contributed by atoms with van der Waals surface area (Å²) in [6.45, 7) is 1.98. The van der Waals surface area contributed by atoms with E-state index in [0.717, 1.165) is 27.9 Å². The van der Waals surface area contributed by atoms with Gasteiger partial charge in [0.2, 0.25) is 0 Å². The fraction of sp³-hybridized carbons (Fsp3) is 0.0909. The van der Waals surface area contributed by atoms with E-state index in [-0.39, 0.29) is 5.56 Å². The van der Waals surface area contributed by atoms with E-state index in [4.69, 9.17) is 14.5 Å². The molecule has 5 rings (SSSR count). The highest BCUT2D eigenvalue weighted by molar-refractivity contribution is 5.80. The molecule has 38 heavy (non-hydrogen) atoms. The first kappa shape index (κ1) is 24.6. The summed E-state index contributed by atoms with van der Waals surface area (Å²) < 4.78 is 12.4. The van der Waals surface area contributed by atoms with Crippen LogP contribution in [-0.4, -0.2) is 23.8 Å². The van der Waals surface area contributed by atoms with E-state index in [2.05, 4.69) is 11.8 Å². The maximum atomic E-state index is 13.7. The molecule has 0 atom stereocenters. The SMILES string of the molecule is COc1ccc(/C=C/c2nc3ccccc3c(=O)n2-c2ccc(C#Cc3ccccc3)cc2C)cc1OC. The van der Waals surface area contributed by atoms with Crippen LogP contribution in [0.3, 0.4) is 0 Å². The van der Waals surface area contributed by atoms with Crippen LogP contribution >= 0.6 is 0 Å². The highest BCUT2D eigenvalue weighted by Crippen LogP contribution is 2.28. The first-order chi connectivity index (χ1) is 18.6. The van der Waals surface area contributed by atoms with Crippen molar-refractivity contribution in [3.8, 4) is 29.0 Å². The Hall–Kier alpha value is -5.08. The van der Waals surface area contributed by atoms with Crippen molar-refractivity contribution in [2.45, 2.75) is 6.92 Å². The number of hydrogen-bond donors (Lipinski definition) is 0. The smallest absolute Gasteiger partial charge is 0.266 e. The summed E-state index contributed by atoms with van der Waals surface area (Å²) in [6, 6.07) is 28.7. The third-order valence-electron chi connectivity index (χ3n) is 6.20. The first-order valence-corrected chi connectivity index (χ1v) is 12.2. The molecule has 0 N–H and O–H groups in total. The largest absolute Gasteiger partial charge is 0.493 e. The van der Waals surface area contributed by atoms with Crippen molar-refractivity contribution < 1.29 is 9.47 Å². The molecular formula is C33H26N2O3. The van der Waals surface area contributed by atoms with Crippen LogP contribution in [0, 0.1) is 18.8 Å². The van der Waals surface area contributed by atoms with Gasteiger partial charge in [0.15, 0.2) is 11.5 Å². The summed E-state index contributed by atoms with van der Waals surface area (Å²) in [4.78, 5) is 18.6. The summed E-state index contributed by atoms with van der Waals surface area (Å²) in [5, 5.41) is 0.558. The normalized spacial score (nSPS) is 10.8. The molecule has 5 heteroatoms. The van der Waals surface area contributed by atoms with Crippen LogP contribution in [0.1, 0.15) is 28.1 Å². The predicted molar refractivity (Wildman–Crippen MR) is 153 cm³/mol. The molecule has 0 bridgehead atoms. The van der Waals surface area contributed by atoms with Crippen LogP contribution in [-0.2, 0) is 0 Å². The summed E-state index contributed by atoms with van der Waals surface area (Å²) in [6.07, 6.45) is 3.75. The zero-order valence-corrected chi connectivity index (χ0v) is 21.4. The van der Waals surface area contributed by atoms with Gasteiger partial charge in [0.25, 0.3) is 5.56 Å². The lowest BCUT2D eigenvalue weighted by Crippen LogP contribution is -2.23. The zero-order chi connectivity index (χ0) is 26.5. The van der Waals surface area contributed by atoms with Gasteiger partial charge >= 0.3 is 0 Å². The maximum Gasteiger partial charge on any atom is 0.266 e. The van der Waals surface area contributed by atoms with Gasteiger partial charge in [-0.15, -0.1) is 0 Å². The quantitative estimate of drug-likeness (QED) is 0.268. The molecule has 0 spiro atoms. The van der Waals surface area contributed by atoms with Crippen molar-refractivity contribution in [2.75, 3.05) is 14.2 Å². The van der Waals surface area contributed by atoms with Gasteiger partial charge in [0.1, 0.15) is 5.82 Å². The minimum absolute atomic E-state index is 0.131. The van der Waals surface area contributed by atoms with E-state index < -0.39 is 0 Å². The Morgan fingerprint density at radius 1 is 0.763 bits per heavy atom. The Morgan fingerprint density at radius 2 is 1.50 bits per heavy atom. The van der Waals surface area contributed by atoms with E-state index in [1.54, 1.807) is 24.9 Å². The number of aromatic nitrogens is 2. The van der Waals surface area contributed by atoms with Crippen LogP contribution in [0.25, 0.3) is 28.7 Å². The molecule has 4 aromatic carbocycles. The highest BCUT2D eigenvalue weighted by atomic mass is 16.5. The number of rotatable bonds is 5. The average Bonchev–Trinajstić information content (AvgIpc) is 2.96. The van der Waals surface area contributed by atoms with E-state index in [1.807, 2.05) is 104 Å². The van der Waals surface area contributed by atoms with Gasteiger partial charge in [-0.3, -0.25) is 9.36 Å². The van der Waals surface area contributed by atoms with Crippen molar-refractivity contribution in [3.05, 3.63) is 129 Å². The van der Waals surface area contributed by atoms with Gasteiger partial charge in [-0.2, -0.15) is 0 Å². The molecule has 0 unspecified atom stereocenters. The van der Waals surface area contributed by atoms with E-state index >= 15 is 0 Å². The average molecular weight is 499 g/mol. The fourth-order valence-electron chi connectivity index (χ4n) is 4.27. The van der Waals surface area contributed by atoms with Crippen LogP contribution in [0.2, 0.25) is 0 Å². The summed E-state index contributed by atoms with van der Waals surface area (Å²) >= 11 is 0. The predicted octanol–water partition coefficient (Wildman–Crippen LogP) is 6.28. The lowest BCUT2D eigenvalue weighted by atomic mass is 10.1. The van der Waals surface area contributed by atoms with Crippen LogP contribution in [0.15, 0.2) is 95.8 Å². The molecular weight excluding hydrogens is 472 g/mol. The third-order valence-corrected chi connectivity index (χ3v) is 6.20. The number of hydrogen-bond acceptors (Lipinski definition) is 4. The lowest BCUT2D eigenvalue weighted by Gasteiger charge is -2.14. The summed E-state index contributed by atoms with van der Waals surface area (Å²) in [7, 11) is 3.20. The van der Waals surface area contributed by atoms with Crippen molar-refractivity contribution in [3.63, 3.8) is 0 Å². The van der Waals surface area contributed by atoms with Crippen molar-refractivity contribution >= 4 is 23.1 Å². The molecule has 0 fully saturated rings. The molecule has 1 aromatic heterocycles. The third kappa shape index (κ3) is 5.07. The van der Waals surface area contributed by atoms with Gasteiger partial charge in [0.05, 0.1) is 30.8 Å². The first-order valence-electron chi connectivity index (χ1n) is 12.2. The minimum atomic E-state index is -0.131. The second kappa shape index (κ2) is 10.9. The van der Waals surface area contributed by atoms with Crippen LogP contribution in [0.5, 0.6) is 11.5 Å². The van der Waals surface area contributed by atoms with Gasteiger partial charge in [-0.1, -0.05) is 54.3 Å². The van der Waals surface area contributed by atoms with Crippen LogP contribution < -0.4 is 15.0 Å². The lowest BCUT2D eigenvalue weighted by molar-refractivity contribution is 0.355. The fourth-order valence-corrected chi connectivity index (χ4v) is 4.27. The van der Waals surface area contributed by atoms with Crippen molar-refractivity contribution in [2.24, 2.45) is 0 Å². The number of benzene rings is 4. The Kier molecular flexibility index (Phi) is 7.06. The molecule has 186 valence electrons. The second-order valence-electron chi connectivity index (χ2n) is 8.69. The number of para-hydroxylation sites is 1. The number of nitrogens with zero attached hydrogens (tertiary/aromatic N) is 2. The molecule has 1 heterocycles. The Balaban J connectivity index is 1.60. The van der Waals surface area contributed by atoms with E-state index in [9.17, 15) is 4.79 Å². The van der Waals surface area contributed by atoms with E-state index in [1.165, 1.54) is 0 Å². The molecule has 0 amide bonds. The maximum absolute atomic E-state index is 13.7. The number of fused-ring (bicyclic) bond motifs is 1. The monoisotopic (exact) mass is 498 g/mol. The molecule has 0 radical (unpaired) electrons. The van der Waals surface area contributed by atoms with Crippen LogP contribution in [0.4, 0.5) is 0 Å². The van der Waals surface area contributed by atoms with Gasteiger partial charge in [-0.05, 0) is 78.7 Å². The number of aryl methyl sites for hydroxylation is 1. The Labute approximate surface area is 221 Å². The molecule has 0 aliphatic heterocycles.